The highest BCUT2D eigenvalue weighted by Crippen LogP contribution is 2.38. The molecule has 0 spiro atoms. The number of aliphatic hydroxyl groups is 2. The van der Waals surface area contributed by atoms with Gasteiger partial charge in [0.05, 0.1) is 23.9 Å². The molecule has 2 fully saturated rings. The van der Waals surface area contributed by atoms with E-state index in [1.54, 1.807) is 67.1 Å². The van der Waals surface area contributed by atoms with Crippen molar-refractivity contribution in [1.82, 2.24) is 34.2 Å². The fourth-order valence-electron chi connectivity index (χ4n) is 8.11. The second-order valence-corrected chi connectivity index (χ2v) is 17.2. The molecule has 67 heavy (non-hydrogen) atoms. The number of hydrogen-bond donors (Lipinski definition) is 3. The van der Waals surface area contributed by atoms with Crippen LogP contribution in [0.3, 0.4) is 0 Å². The maximum Gasteiger partial charge on any atom is 0.417 e. The van der Waals surface area contributed by atoms with Crippen molar-refractivity contribution in [1.29, 1.82) is 5.26 Å². The minimum absolute atomic E-state index is 0.0657. The lowest BCUT2D eigenvalue weighted by molar-refractivity contribution is -0.137. The Balaban J connectivity index is 0.000000204. The first-order valence-electron chi connectivity index (χ1n) is 21.7. The Labute approximate surface area is 385 Å². The molecule has 6 heterocycles. The number of rotatable bonds is 10. The van der Waals surface area contributed by atoms with Crippen LogP contribution in [0.25, 0.3) is 16.9 Å². The van der Waals surface area contributed by atoms with Crippen molar-refractivity contribution in [2.75, 3.05) is 66.8 Å². The minimum Gasteiger partial charge on any atom is -0.390 e. The average molecular weight is 919 g/mol. The number of halogens is 3. The molecule has 0 radical (unpaired) electrons. The maximum absolute atomic E-state index is 13.5. The molecule has 6 aromatic rings. The van der Waals surface area contributed by atoms with E-state index in [-0.39, 0.29) is 36.6 Å². The Morgan fingerprint density at radius 3 is 2.34 bits per heavy atom. The molecule has 2 aliphatic heterocycles. The van der Waals surface area contributed by atoms with Crippen molar-refractivity contribution in [2.45, 2.75) is 64.6 Å². The third-order valence-electron chi connectivity index (χ3n) is 11.7. The van der Waals surface area contributed by atoms with Crippen LogP contribution in [-0.2, 0) is 23.1 Å². The minimum atomic E-state index is -4.75. The average Bonchev–Trinajstić information content (AvgIpc) is 3.81. The van der Waals surface area contributed by atoms with Gasteiger partial charge in [-0.3, -0.25) is 9.59 Å². The van der Waals surface area contributed by atoms with Crippen molar-refractivity contribution in [2.24, 2.45) is 0 Å². The Morgan fingerprint density at radius 1 is 1.00 bits per heavy atom. The van der Waals surface area contributed by atoms with Crippen LogP contribution in [0, 0.1) is 25.2 Å². The maximum atomic E-state index is 13.5. The number of aryl methyl sites for hydroxylation is 2. The second kappa shape index (κ2) is 19.4. The van der Waals surface area contributed by atoms with Crippen LogP contribution in [-0.4, -0.2) is 109 Å². The van der Waals surface area contributed by atoms with Gasteiger partial charge in [-0.15, -0.1) is 6.58 Å². The summed E-state index contributed by atoms with van der Waals surface area (Å²) in [6.45, 7) is 14.9. The summed E-state index contributed by atoms with van der Waals surface area (Å²) in [5.74, 6) is 0.0986. The van der Waals surface area contributed by atoms with Crippen molar-refractivity contribution in [3.05, 3.63) is 130 Å². The number of nitrogens with one attached hydrogen (secondary N) is 1. The van der Waals surface area contributed by atoms with E-state index >= 15 is 0 Å². The summed E-state index contributed by atoms with van der Waals surface area (Å²) in [7, 11) is 3.68. The predicted molar refractivity (Wildman–Crippen MR) is 251 cm³/mol. The summed E-state index contributed by atoms with van der Waals surface area (Å²) in [6, 6.07) is 21.9. The van der Waals surface area contributed by atoms with E-state index in [0.717, 1.165) is 43.5 Å². The van der Waals surface area contributed by atoms with E-state index in [4.69, 9.17) is 4.98 Å². The topological polar surface area (TPSA) is 185 Å². The molecule has 4 aromatic heterocycles. The van der Waals surface area contributed by atoms with Crippen LogP contribution in [0.15, 0.2) is 96.4 Å². The number of nitrogens with zero attached hydrogens (tertiary/aromatic N) is 11. The van der Waals surface area contributed by atoms with Crippen molar-refractivity contribution < 1.29 is 28.2 Å². The predicted octanol–water partition coefficient (Wildman–Crippen LogP) is 6.08. The van der Waals surface area contributed by atoms with E-state index in [0.29, 0.717) is 34.2 Å². The zero-order valence-corrected chi connectivity index (χ0v) is 38.2. The molecule has 19 heteroatoms. The van der Waals surface area contributed by atoms with E-state index < -0.39 is 41.0 Å². The normalized spacial score (nSPS) is 16.6. The molecule has 2 aromatic carbocycles. The Morgan fingerprint density at radius 2 is 1.70 bits per heavy atom. The highest BCUT2D eigenvalue weighted by atomic mass is 19.4. The van der Waals surface area contributed by atoms with Crippen LogP contribution in [0.2, 0.25) is 0 Å². The van der Waals surface area contributed by atoms with Gasteiger partial charge < -0.3 is 35.1 Å². The summed E-state index contributed by atoms with van der Waals surface area (Å²) in [6.07, 6.45) is -2.51. The number of benzene rings is 2. The number of anilines is 5. The molecule has 0 saturated carbocycles. The third-order valence-corrected chi connectivity index (χ3v) is 11.7. The number of alkyl halides is 3. The van der Waals surface area contributed by atoms with Gasteiger partial charge in [-0.1, -0.05) is 24.3 Å². The lowest BCUT2D eigenvalue weighted by Crippen LogP contribution is -2.49. The van der Waals surface area contributed by atoms with Gasteiger partial charge in [0, 0.05) is 68.7 Å². The summed E-state index contributed by atoms with van der Waals surface area (Å²) in [5.41, 5.74) is 1.37. The number of pyridine rings is 2. The van der Waals surface area contributed by atoms with Crippen LogP contribution in [0.1, 0.15) is 48.3 Å². The first kappa shape index (κ1) is 47.8. The Bertz CT molecular complexity index is 2880. The number of nitriles is 1. The molecule has 350 valence electrons. The standard InChI is InChI=1S/C27H32N8O2.C21H21F3N4O2/c1-5-13-34-25(36)21-18-28-26(29-19-9-11-20(12-10-19)33-16-14-32(4)15-17-33)31-24(21)35(34)23-8-6-7-22(30-23)27(2,3)37;1-12-5-4-6-14(9-12)27(3)20(30)18-17(29)7-8-28(18)19-15(11-25)16(21(22,23)24)10-13(2)26-19/h5-12,18,37H,1,13-17H2,2-4H3,(H,28,29,31);4-6,9-10,17-18,29H,7-8H2,1-3H3. The molecule has 2 aliphatic rings. The van der Waals surface area contributed by atoms with Crippen LogP contribution >= 0.6 is 0 Å². The van der Waals surface area contributed by atoms with Crippen LogP contribution in [0.4, 0.5) is 42.0 Å². The number of likely N-dealkylation sites (N-methyl/N-ethyl adjacent to an activating group) is 2. The molecule has 0 aliphatic carbocycles. The number of hydrogen-bond acceptors (Lipinski definition) is 13. The Kier molecular flexibility index (Phi) is 13.8. The zero-order valence-electron chi connectivity index (χ0n) is 38.2. The highest BCUT2D eigenvalue weighted by molar-refractivity contribution is 5.99. The Hall–Kier alpha value is -7.14. The van der Waals surface area contributed by atoms with E-state index in [1.807, 2.05) is 25.1 Å². The zero-order chi connectivity index (χ0) is 48.4. The first-order chi connectivity index (χ1) is 31.8. The van der Waals surface area contributed by atoms with Gasteiger partial charge in [-0.25, -0.2) is 24.3 Å². The van der Waals surface area contributed by atoms with Gasteiger partial charge in [-0.2, -0.15) is 23.4 Å². The molecular formula is C48H53F3N12O4. The number of carbonyl (C=O) groups excluding carboxylic acids is 1. The second-order valence-electron chi connectivity index (χ2n) is 17.2. The monoisotopic (exact) mass is 918 g/mol. The lowest BCUT2D eigenvalue weighted by atomic mass is 10.1. The van der Waals surface area contributed by atoms with E-state index in [2.05, 4.69) is 55.8 Å². The lowest BCUT2D eigenvalue weighted by Gasteiger charge is -2.34. The van der Waals surface area contributed by atoms with E-state index in [9.17, 15) is 38.2 Å². The number of fused-ring (bicyclic) bond motifs is 1. The molecule has 2 atom stereocenters. The smallest absolute Gasteiger partial charge is 0.390 e. The van der Waals surface area contributed by atoms with Gasteiger partial charge >= 0.3 is 6.18 Å². The molecular weight excluding hydrogens is 866 g/mol. The van der Waals surface area contributed by atoms with Gasteiger partial charge in [0.15, 0.2) is 11.5 Å². The summed E-state index contributed by atoms with van der Waals surface area (Å²) < 4.78 is 43.6. The van der Waals surface area contributed by atoms with Crippen molar-refractivity contribution in [3.63, 3.8) is 0 Å². The number of allylic oxidation sites excluding steroid dienone is 1. The number of carbonyl (C=O) groups is 1. The van der Waals surface area contributed by atoms with Crippen molar-refractivity contribution >= 4 is 45.8 Å². The molecule has 16 nitrogen and oxygen atoms in total. The third kappa shape index (κ3) is 10.3. The molecule has 3 N–H and O–H groups in total. The van der Waals surface area contributed by atoms with Gasteiger partial charge in [-0.05, 0) is 101 Å². The molecule has 2 unspecified atom stereocenters. The number of amides is 1. The van der Waals surface area contributed by atoms with Crippen LogP contribution in [0.5, 0.6) is 0 Å². The van der Waals surface area contributed by atoms with Gasteiger partial charge in [0.25, 0.3) is 11.5 Å². The molecule has 0 bridgehead atoms. The number of piperazine rings is 1. The van der Waals surface area contributed by atoms with Crippen molar-refractivity contribution in [3.8, 4) is 11.9 Å². The largest absolute Gasteiger partial charge is 0.417 e. The molecule has 2 saturated heterocycles. The SMILES string of the molecule is C=CCn1c(=O)c2cnc(Nc3ccc(N4CCN(C)CC4)cc3)nc2n1-c1cccc(C(C)(C)O)n1.Cc1cccc(N(C)C(=O)C2C(O)CCN2c2nc(C)cc(C(F)(F)F)c2C#N)c1. The quantitative estimate of drug-likeness (QED) is 0.135. The fourth-order valence-corrected chi connectivity index (χ4v) is 8.11. The fraction of sp³-hybridized carbons (Fsp3) is 0.354. The summed E-state index contributed by atoms with van der Waals surface area (Å²) in [5, 5.41) is 34.0. The summed E-state index contributed by atoms with van der Waals surface area (Å²) in [4.78, 5) is 51.6. The van der Waals surface area contributed by atoms with E-state index in [1.165, 1.54) is 40.3 Å². The molecule has 8 rings (SSSR count). The van der Waals surface area contributed by atoms with Crippen LogP contribution < -0.4 is 25.6 Å². The summed E-state index contributed by atoms with van der Waals surface area (Å²) >= 11 is 0. The number of aliphatic hydroxyl groups excluding tert-OH is 1. The first-order valence-corrected chi connectivity index (χ1v) is 21.7. The number of aromatic nitrogens is 6. The molecule has 1 amide bonds. The van der Waals surface area contributed by atoms with Gasteiger partial charge in [0.2, 0.25) is 5.95 Å². The van der Waals surface area contributed by atoms with Gasteiger partial charge in [0.1, 0.15) is 34.5 Å². The highest BCUT2D eigenvalue weighted by Gasteiger charge is 2.44.